The quantitative estimate of drug-likeness (QED) is 0.271. The molecule has 0 saturated heterocycles. The van der Waals surface area contributed by atoms with Gasteiger partial charge in [-0.15, -0.1) is 0 Å². The van der Waals surface area contributed by atoms with Crippen LogP contribution in [0.3, 0.4) is 0 Å². The van der Waals surface area contributed by atoms with Gasteiger partial charge in [-0.1, -0.05) is 78.9 Å². The first-order valence-electron chi connectivity index (χ1n) is 14.0. The number of carbonyl (C=O) groups excluding carboxylic acids is 2. The fourth-order valence-electron chi connectivity index (χ4n) is 5.10. The molecule has 0 saturated carbocycles. The summed E-state index contributed by atoms with van der Waals surface area (Å²) in [4.78, 5) is 30.5. The van der Waals surface area contributed by atoms with Crippen LogP contribution in [0.15, 0.2) is 102 Å². The van der Waals surface area contributed by atoms with Crippen molar-refractivity contribution in [1.29, 1.82) is 0 Å². The molecule has 0 aromatic heterocycles. The van der Waals surface area contributed by atoms with E-state index in [4.69, 9.17) is 4.74 Å². The SMILES string of the molecule is C=C(C)N(C(=O)C1=C(C)CCN(Cc2ccc(C(=O)OC(C)(C)C)cc2F)C1)C(c1ccccc1)c1ccccc1. The van der Waals surface area contributed by atoms with Crippen molar-refractivity contribution in [2.75, 3.05) is 13.1 Å². The highest BCUT2D eigenvalue weighted by Gasteiger charge is 2.32. The number of nitrogens with zero attached hydrogens (tertiary/aromatic N) is 2. The molecule has 41 heavy (non-hydrogen) atoms. The van der Waals surface area contributed by atoms with Gasteiger partial charge in [0.05, 0.1) is 11.6 Å². The van der Waals surface area contributed by atoms with Gasteiger partial charge in [-0.25, -0.2) is 9.18 Å². The molecule has 1 amide bonds. The van der Waals surface area contributed by atoms with Gasteiger partial charge in [0.2, 0.25) is 0 Å². The zero-order valence-corrected chi connectivity index (χ0v) is 24.6. The third-order valence-electron chi connectivity index (χ3n) is 7.16. The highest BCUT2D eigenvalue weighted by atomic mass is 19.1. The van der Waals surface area contributed by atoms with Gasteiger partial charge in [0.1, 0.15) is 11.4 Å². The standard InChI is InChI=1S/C35H39FN2O3/c1-24(2)38(32(26-13-9-7-10-14-26)27-15-11-8-12-16-27)33(39)30-23-37(20-19-25(30)3)22-29-18-17-28(21-31(29)36)34(40)41-35(4,5)6/h7-18,21,32H,1,19-20,22-23H2,2-6H3. The molecule has 3 aromatic carbocycles. The third-order valence-corrected chi connectivity index (χ3v) is 7.16. The molecule has 0 aliphatic carbocycles. The molecular formula is C35H39FN2O3. The van der Waals surface area contributed by atoms with Crippen molar-refractivity contribution < 1.29 is 18.7 Å². The fraction of sp³-hybridized carbons (Fsp3) is 0.314. The van der Waals surface area contributed by atoms with Crippen molar-refractivity contribution in [3.05, 3.63) is 130 Å². The smallest absolute Gasteiger partial charge is 0.338 e. The monoisotopic (exact) mass is 554 g/mol. The summed E-state index contributed by atoms with van der Waals surface area (Å²) in [6.07, 6.45) is 0.698. The molecule has 6 heteroatoms. The molecule has 0 fully saturated rings. The van der Waals surface area contributed by atoms with E-state index in [1.165, 1.54) is 6.07 Å². The Hall–Kier alpha value is -4.03. The van der Waals surface area contributed by atoms with Crippen molar-refractivity contribution in [3.63, 3.8) is 0 Å². The summed E-state index contributed by atoms with van der Waals surface area (Å²) in [7, 11) is 0. The predicted octanol–water partition coefficient (Wildman–Crippen LogP) is 7.46. The Labute approximate surface area is 242 Å². The number of carbonyl (C=O) groups is 2. The van der Waals surface area contributed by atoms with E-state index in [-0.39, 0.29) is 17.5 Å². The lowest BCUT2D eigenvalue weighted by molar-refractivity contribution is -0.127. The molecule has 1 aliphatic heterocycles. The Bertz CT molecular complexity index is 1400. The number of esters is 1. The van der Waals surface area contributed by atoms with Crippen LogP contribution in [0.1, 0.15) is 74.1 Å². The highest BCUT2D eigenvalue weighted by Crippen LogP contribution is 2.34. The number of halogens is 1. The molecular weight excluding hydrogens is 515 g/mol. The van der Waals surface area contributed by atoms with Crippen LogP contribution in [0.2, 0.25) is 0 Å². The highest BCUT2D eigenvalue weighted by molar-refractivity contribution is 5.96. The van der Waals surface area contributed by atoms with Crippen molar-refractivity contribution in [1.82, 2.24) is 9.80 Å². The molecule has 1 heterocycles. The van der Waals surface area contributed by atoms with Crippen LogP contribution in [0.5, 0.6) is 0 Å². The van der Waals surface area contributed by atoms with Gasteiger partial charge < -0.3 is 9.64 Å². The van der Waals surface area contributed by atoms with Crippen LogP contribution in [0, 0.1) is 5.82 Å². The number of ether oxygens (including phenoxy) is 1. The topological polar surface area (TPSA) is 49.9 Å². The molecule has 3 aromatic rings. The summed E-state index contributed by atoms with van der Waals surface area (Å²) in [5, 5.41) is 0. The molecule has 214 valence electrons. The molecule has 0 bridgehead atoms. The molecule has 5 nitrogen and oxygen atoms in total. The zero-order chi connectivity index (χ0) is 29.7. The first-order chi connectivity index (χ1) is 19.4. The van der Waals surface area contributed by atoms with Crippen LogP contribution in [0.25, 0.3) is 0 Å². The first kappa shape index (κ1) is 29.9. The Morgan fingerprint density at radius 1 is 1.00 bits per heavy atom. The molecule has 0 N–H and O–H groups in total. The minimum atomic E-state index is -0.662. The summed E-state index contributed by atoms with van der Waals surface area (Å²) >= 11 is 0. The van der Waals surface area contributed by atoms with Gasteiger partial charge in [0.25, 0.3) is 5.91 Å². The van der Waals surface area contributed by atoms with E-state index in [0.717, 1.165) is 16.7 Å². The number of benzene rings is 3. The van der Waals surface area contributed by atoms with Gasteiger partial charge >= 0.3 is 5.97 Å². The summed E-state index contributed by atoms with van der Waals surface area (Å²) in [5.74, 6) is -1.12. The summed E-state index contributed by atoms with van der Waals surface area (Å²) < 4.78 is 20.5. The minimum absolute atomic E-state index is 0.0989. The van der Waals surface area contributed by atoms with Crippen LogP contribution in [-0.2, 0) is 16.1 Å². The second-order valence-electron chi connectivity index (χ2n) is 11.7. The Morgan fingerprint density at radius 3 is 2.10 bits per heavy atom. The average Bonchev–Trinajstić information content (AvgIpc) is 2.93. The van der Waals surface area contributed by atoms with Crippen molar-refractivity contribution >= 4 is 11.9 Å². The van der Waals surface area contributed by atoms with E-state index >= 15 is 4.39 Å². The maximum atomic E-state index is 15.1. The zero-order valence-electron chi connectivity index (χ0n) is 24.6. The normalized spacial score (nSPS) is 14.2. The van der Waals surface area contributed by atoms with Crippen molar-refractivity contribution in [2.24, 2.45) is 0 Å². The van der Waals surface area contributed by atoms with E-state index < -0.39 is 17.4 Å². The van der Waals surface area contributed by atoms with Gasteiger partial charge in [-0.3, -0.25) is 9.69 Å². The van der Waals surface area contributed by atoms with E-state index in [1.54, 1.807) is 37.8 Å². The fourth-order valence-corrected chi connectivity index (χ4v) is 5.10. The molecule has 4 rings (SSSR count). The van der Waals surface area contributed by atoms with Crippen LogP contribution < -0.4 is 0 Å². The number of allylic oxidation sites excluding steroid dienone is 1. The Kier molecular flexibility index (Phi) is 9.24. The lowest BCUT2D eigenvalue weighted by Gasteiger charge is -2.37. The summed E-state index contributed by atoms with van der Waals surface area (Å²) in [5.41, 5.74) is 4.34. The number of hydrogen-bond donors (Lipinski definition) is 0. The molecule has 0 unspecified atom stereocenters. The van der Waals surface area contributed by atoms with E-state index in [9.17, 15) is 9.59 Å². The predicted molar refractivity (Wildman–Crippen MR) is 161 cm³/mol. The first-order valence-corrected chi connectivity index (χ1v) is 14.0. The minimum Gasteiger partial charge on any atom is -0.456 e. The number of amides is 1. The number of hydrogen-bond acceptors (Lipinski definition) is 4. The lowest BCUT2D eigenvalue weighted by atomic mass is 9.94. The maximum Gasteiger partial charge on any atom is 0.338 e. The molecule has 1 aliphatic rings. The molecule has 0 radical (unpaired) electrons. The van der Waals surface area contributed by atoms with Gasteiger partial charge in [0, 0.05) is 36.5 Å². The molecule has 0 atom stereocenters. The maximum absolute atomic E-state index is 15.1. The summed E-state index contributed by atoms with van der Waals surface area (Å²) in [6, 6.07) is 24.0. The van der Waals surface area contributed by atoms with E-state index in [1.807, 2.05) is 74.5 Å². The summed E-state index contributed by atoms with van der Waals surface area (Å²) in [6.45, 7) is 14.8. The number of rotatable bonds is 8. The van der Waals surface area contributed by atoms with Crippen LogP contribution in [0.4, 0.5) is 4.39 Å². The van der Waals surface area contributed by atoms with Crippen molar-refractivity contribution in [2.45, 2.75) is 59.2 Å². The Balaban J connectivity index is 1.58. The second-order valence-corrected chi connectivity index (χ2v) is 11.7. The van der Waals surface area contributed by atoms with E-state index in [0.29, 0.717) is 42.9 Å². The van der Waals surface area contributed by atoms with Gasteiger partial charge in [-0.2, -0.15) is 0 Å². The van der Waals surface area contributed by atoms with Crippen molar-refractivity contribution in [3.8, 4) is 0 Å². The lowest BCUT2D eigenvalue weighted by Crippen LogP contribution is -2.41. The third kappa shape index (κ3) is 7.39. The Morgan fingerprint density at radius 2 is 1.59 bits per heavy atom. The largest absolute Gasteiger partial charge is 0.456 e. The second kappa shape index (κ2) is 12.6. The van der Waals surface area contributed by atoms with Crippen LogP contribution in [-0.4, -0.2) is 40.4 Å². The van der Waals surface area contributed by atoms with Crippen LogP contribution >= 0.6 is 0 Å². The van der Waals surface area contributed by atoms with Gasteiger partial charge in [-0.05, 0) is 64.3 Å². The molecule has 0 spiro atoms. The van der Waals surface area contributed by atoms with Gasteiger partial charge in [0.15, 0.2) is 0 Å². The van der Waals surface area contributed by atoms with E-state index in [2.05, 4.69) is 11.5 Å². The average molecular weight is 555 g/mol.